The molecule has 5 N–H and O–H groups in total. The van der Waals surface area contributed by atoms with Crippen molar-refractivity contribution in [2.45, 2.75) is 0 Å². The fraction of sp³-hybridized carbons (Fsp3) is 0.0833. The second-order valence-corrected chi connectivity index (χ2v) is 4.12. The summed E-state index contributed by atoms with van der Waals surface area (Å²) in [7, 11) is 1.46. The third kappa shape index (κ3) is 1.83. The monoisotopic (exact) mass is 273 g/mol. The highest BCUT2D eigenvalue weighted by molar-refractivity contribution is 5.76. The third-order valence-electron chi connectivity index (χ3n) is 2.83. The van der Waals surface area contributed by atoms with E-state index in [0.29, 0.717) is 17.1 Å². The normalized spacial score (nSPS) is 10.8. The first kappa shape index (κ1) is 12.0. The van der Waals surface area contributed by atoms with Crippen LogP contribution in [-0.4, -0.2) is 32.2 Å². The number of phenolic OH excluding ortho intramolecular Hbond substituents is 1. The Morgan fingerprint density at radius 3 is 2.80 bits per heavy atom. The molecule has 0 atom stereocenters. The van der Waals surface area contributed by atoms with Gasteiger partial charge < -0.3 is 20.6 Å². The van der Waals surface area contributed by atoms with E-state index in [1.807, 2.05) is 0 Å². The summed E-state index contributed by atoms with van der Waals surface area (Å²) < 4.78 is 4.97. The van der Waals surface area contributed by atoms with Crippen molar-refractivity contribution in [3.63, 3.8) is 0 Å². The zero-order chi connectivity index (χ0) is 14.3. The van der Waals surface area contributed by atoms with Crippen molar-refractivity contribution >= 4 is 17.1 Å². The Balaban J connectivity index is 2.17. The van der Waals surface area contributed by atoms with Crippen molar-refractivity contribution in [3.8, 4) is 22.9 Å². The van der Waals surface area contributed by atoms with Crippen LogP contribution < -0.4 is 16.0 Å². The lowest BCUT2D eigenvalue weighted by Gasteiger charge is -2.03. The number of fused-ring (bicyclic) bond motifs is 1. The molecule has 8 nitrogen and oxygen atoms in total. The molecular weight excluding hydrogens is 262 g/mol. The molecule has 2 heterocycles. The van der Waals surface area contributed by atoms with Gasteiger partial charge in [-0.15, -0.1) is 0 Å². The molecule has 0 aliphatic rings. The van der Waals surface area contributed by atoms with Gasteiger partial charge in [-0.3, -0.25) is 9.78 Å². The molecule has 8 heteroatoms. The summed E-state index contributed by atoms with van der Waals surface area (Å²) in [6, 6.07) is 4.78. The van der Waals surface area contributed by atoms with E-state index >= 15 is 0 Å². The molecule has 20 heavy (non-hydrogen) atoms. The molecule has 0 fully saturated rings. The number of anilines is 1. The van der Waals surface area contributed by atoms with E-state index < -0.39 is 5.56 Å². The number of phenols is 1. The van der Waals surface area contributed by atoms with Crippen LogP contribution in [0.5, 0.6) is 11.5 Å². The van der Waals surface area contributed by atoms with E-state index in [0.717, 1.165) is 0 Å². The number of aromatic nitrogens is 4. The van der Waals surface area contributed by atoms with Crippen LogP contribution >= 0.6 is 0 Å². The second kappa shape index (κ2) is 4.26. The number of H-pyrrole nitrogens is 2. The Hall–Kier alpha value is -3.03. The van der Waals surface area contributed by atoms with Gasteiger partial charge in [0.2, 0.25) is 5.95 Å². The molecule has 0 saturated carbocycles. The van der Waals surface area contributed by atoms with Gasteiger partial charge in [0.1, 0.15) is 5.82 Å². The van der Waals surface area contributed by atoms with Gasteiger partial charge in [-0.2, -0.15) is 4.98 Å². The topological polar surface area (TPSA) is 130 Å². The van der Waals surface area contributed by atoms with E-state index in [-0.39, 0.29) is 22.9 Å². The van der Waals surface area contributed by atoms with Crippen molar-refractivity contribution in [1.82, 2.24) is 19.9 Å². The first-order valence-electron chi connectivity index (χ1n) is 5.71. The van der Waals surface area contributed by atoms with E-state index in [1.54, 1.807) is 12.1 Å². The molecule has 102 valence electrons. The average Bonchev–Trinajstić information content (AvgIpc) is 2.82. The number of nitrogens with one attached hydrogen (secondary N) is 2. The summed E-state index contributed by atoms with van der Waals surface area (Å²) in [6.07, 6.45) is 0. The minimum atomic E-state index is -0.399. The standard InChI is InChI=1S/C12H11N5O3/c1-20-7-3-2-5(4-6(7)18)9-14-8-10(15-9)16-12(13)17-11(8)19/h2-4,18H,1H3,(H4,13,14,15,16,17,19). The summed E-state index contributed by atoms with van der Waals surface area (Å²) in [5.41, 5.74) is 6.10. The minimum Gasteiger partial charge on any atom is -0.504 e. The molecule has 0 saturated heterocycles. The number of nitrogens with two attached hydrogens (primary N) is 1. The number of rotatable bonds is 2. The lowest BCUT2D eigenvalue weighted by molar-refractivity contribution is 0.373. The maximum atomic E-state index is 11.7. The zero-order valence-electron chi connectivity index (χ0n) is 10.5. The van der Waals surface area contributed by atoms with Crippen LogP contribution in [0.4, 0.5) is 5.95 Å². The molecule has 0 aliphatic carbocycles. The molecule has 0 bridgehead atoms. The van der Waals surface area contributed by atoms with Gasteiger partial charge in [-0.05, 0) is 18.2 Å². The molecule has 0 radical (unpaired) electrons. The fourth-order valence-corrected chi connectivity index (χ4v) is 1.90. The van der Waals surface area contributed by atoms with Crippen molar-refractivity contribution in [3.05, 3.63) is 28.6 Å². The van der Waals surface area contributed by atoms with Gasteiger partial charge in [0.25, 0.3) is 5.56 Å². The maximum absolute atomic E-state index is 11.7. The maximum Gasteiger partial charge on any atom is 0.278 e. The predicted octanol–water partition coefficient (Wildman–Crippen LogP) is 0.610. The number of benzene rings is 1. The first-order valence-corrected chi connectivity index (χ1v) is 5.71. The number of ether oxygens (including phenoxy) is 1. The number of nitrogens with zero attached hydrogens (tertiary/aromatic N) is 2. The summed E-state index contributed by atoms with van der Waals surface area (Å²) in [4.78, 5) is 25.0. The van der Waals surface area contributed by atoms with E-state index in [2.05, 4.69) is 19.9 Å². The van der Waals surface area contributed by atoms with Crippen LogP contribution in [0.15, 0.2) is 23.0 Å². The SMILES string of the molecule is COc1ccc(-c2nc3nc(N)[nH]c(=O)c3[nH]2)cc1O. The van der Waals surface area contributed by atoms with Gasteiger partial charge in [0, 0.05) is 5.56 Å². The molecule has 3 rings (SSSR count). The van der Waals surface area contributed by atoms with E-state index in [9.17, 15) is 9.90 Å². The largest absolute Gasteiger partial charge is 0.504 e. The van der Waals surface area contributed by atoms with E-state index in [4.69, 9.17) is 10.5 Å². The highest BCUT2D eigenvalue weighted by Crippen LogP contribution is 2.30. The lowest BCUT2D eigenvalue weighted by Crippen LogP contribution is -2.10. The van der Waals surface area contributed by atoms with Gasteiger partial charge in [0.15, 0.2) is 22.7 Å². The van der Waals surface area contributed by atoms with Crippen LogP contribution in [0, 0.1) is 0 Å². The van der Waals surface area contributed by atoms with Crippen molar-refractivity contribution in [2.24, 2.45) is 0 Å². The zero-order valence-corrected chi connectivity index (χ0v) is 10.5. The summed E-state index contributed by atoms with van der Waals surface area (Å²) in [6.45, 7) is 0. The molecule has 3 aromatic rings. The number of nitrogen functional groups attached to an aromatic ring is 1. The predicted molar refractivity (Wildman–Crippen MR) is 72.6 cm³/mol. The molecule has 0 aliphatic heterocycles. The Labute approximate surface area is 112 Å². The average molecular weight is 273 g/mol. The summed E-state index contributed by atoms with van der Waals surface area (Å²) in [5.74, 6) is 0.733. The molecular formula is C12H11N5O3. The Morgan fingerprint density at radius 1 is 1.30 bits per heavy atom. The highest BCUT2D eigenvalue weighted by Gasteiger charge is 2.12. The van der Waals surface area contributed by atoms with Crippen LogP contribution in [0.1, 0.15) is 0 Å². The van der Waals surface area contributed by atoms with E-state index in [1.165, 1.54) is 13.2 Å². The summed E-state index contributed by atoms with van der Waals surface area (Å²) in [5, 5.41) is 9.76. The van der Waals surface area contributed by atoms with Crippen LogP contribution in [-0.2, 0) is 0 Å². The second-order valence-electron chi connectivity index (χ2n) is 4.12. The minimum absolute atomic E-state index is 0.00173. The van der Waals surface area contributed by atoms with Crippen molar-refractivity contribution in [1.29, 1.82) is 0 Å². The number of hydrogen-bond acceptors (Lipinski definition) is 6. The van der Waals surface area contributed by atoms with Crippen molar-refractivity contribution in [2.75, 3.05) is 12.8 Å². The fourth-order valence-electron chi connectivity index (χ4n) is 1.90. The van der Waals surface area contributed by atoms with Crippen LogP contribution in [0.3, 0.4) is 0 Å². The molecule has 1 aromatic carbocycles. The van der Waals surface area contributed by atoms with Gasteiger partial charge in [0.05, 0.1) is 7.11 Å². The number of aromatic amines is 2. The van der Waals surface area contributed by atoms with Gasteiger partial charge in [-0.25, -0.2) is 4.98 Å². The molecule has 0 unspecified atom stereocenters. The molecule has 0 spiro atoms. The quantitative estimate of drug-likeness (QED) is 0.541. The first-order chi connectivity index (χ1) is 9.58. The third-order valence-corrected chi connectivity index (χ3v) is 2.83. The number of hydrogen-bond donors (Lipinski definition) is 4. The Bertz CT molecular complexity index is 852. The van der Waals surface area contributed by atoms with Gasteiger partial charge in [-0.1, -0.05) is 0 Å². The number of imidazole rings is 1. The molecule has 2 aromatic heterocycles. The highest BCUT2D eigenvalue weighted by atomic mass is 16.5. The lowest BCUT2D eigenvalue weighted by atomic mass is 10.2. The van der Waals surface area contributed by atoms with Crippen LogP contribution in [0.25, 0.3) is 22.6 Å². The van der Waals surface area contributed by atoms with Gasteiger partial charge >= 0.3 is 0 Å². The number of aromatic hydroxyl groups is 1. The van der Waals surface area contributed by atoms with Crippen LogP contribution in [0.2, 0.25) is 0 Å². The number of methoxy groups -OCH3 is 1. The van der Waals surface area contributed by atoms with Crippen molar-refractivity contribution < 1.29 is 9.84 Å². The Kier molecular flexibility index (Phi) is 2.56. The summed E-state index contributed by atoms with van der Waals surface area (Å²) >= 11 is 0. The Morgan fingerprint density at radius 2 is 2.10 bits per heavy atom. The smallest absolute Gasteiger partial charge is 0.278 e. The molecule has 0 amide bonds.